The Bertz CT molecular complexity index is 2010. The second-order valence-corrected chi connectivity index (χ2v) is 12.3. The molecular weight excluding hydrogens is 571 g/mol. The molecule has 0 fully saturated rings. The molecule has 0 spiro atoms. The largest absolute Gasteiger partial charge is 0.491 e. The number of ether oxygens (including phenoxy) is 1. The zero-order chi connectivity index (χ0) is 30.3. The number of halogens is 1. The maximum atomic E-state index is 14.9. The van der Waals surface area contributed by atoms with Crippen molar-refractivity contribution in [2.24, 2.45) is 0 Å². The number of sulfone groups is 1. The van der Waals surface area contributed by atoms with Crippen molar-refractivity contribution in [1.82, 2.24) is 14.9 Å². The Morgan fingerprint density at radius 1 is 1.00 bits per heavy atom. The van der Waals surface area contributed by atoms with E-state index in [4.69, 9.17) is 4.74 Å². The Hall–Kier alpha value is -5.03. The Morgan fingerprint density at radius 3 is 2.51 bits per heavy atom. The average molecular weight is 599 g/mol. The highest BCUT2D eigenvalue weighted by Crippen LogP contribution is 2.32. The van der Waals surface area contributed by atoms with Crippen LogP contribution in [0.5, 0.6) is 5.75 Å². The zero-order valence-corrected chi connectivity index (χ0v) is 24.2. The SMILES string of the molecule is Cc1c(C(=O)N2CCOc3ccc(-c4ccc5nc(C(=O)Nc6ccccc6)[nH]c5c4)cc3C2)ccc(S(C)(=O)=O)c1F. The number of imidazole rings is 1. The van der Waals surface area contributed by atoms with Crippen LogP contribution in [0.1, 0.15) is 32.1 Å². The summed E-state index contributed by atoms with van der Waals surface area (Å²) in [6.07, 6.45) is 0.929. The second-order valence-electron chi connectivity index (χ2n) is 10.4. The minimum absolute atomic E-state index is 0.0169. The number of fused-ring (bicyclic) bond motifs is 2. The molecule has 11 heteroatoms. The monoisotopic (exact) mass is 598 g/mol. The molecule has 1 aliphatic heterocycles. The molecule has 5 aromatic rings. The number of carbonyl (C=O) groups is 2. The van der Waals surface area contributed by atoms with E-state index in [-0.39, 0.29) is 42.6 Å². The van der Waals surface area contributed by atoms with Gasteiger partial charge in [-0.3, -0.25) is 9.59 Å². The van der Waals surface area contributed by atoms with Gasteiger partial charge >= 0.3 is 0 Å². The lowest BCUT2D eigenvalue weighted by atomic mass is 10.0. The third-order valence-corrected chi connectivity index (χ3v) is 8.48. The molecule has 0 unspecified atom stereocenters. The number of rotatable bonds is 5. The smallest absolute Gasteiger partial charge is 0.291 e. The van der Waals surface area contributed by atoms with E-state index in [9.17, 15) is 22.4 Å². The van der Waals surface area contributed by atoms with E-state index in [0.717, 1.165) is 29.0 Å². The van der Waals surface area contributed by atoms with Crippen LogP contribution in [-0.4, -0.2) is 54.5 Å². The normalized spacial score (nSPS) is 13.2. The Morgan fingerprint density at radius 2 is 1.74 bits per heavy atom. The van der Waals surface area contributed by atoms with Crippen LogP contribution in [0.4, 0.5) is 10.1 Å². The van der Waals surface area contributed by atoms with E-state index in [0.29, 0.717) is 22.5 Å². The van der Waals surface area contributed by atoms with E-state index >= 15 is 0 Å². The number of nitrogens with zero attached hydrogens (tertiary/aromatic N) is 2. The maximum Gasteiger partial charge on any atom is 0.291 e. The van der Waals surface area contributed by atoms with Gasteiger partial charge in [0.1, 0.15) is 23.1 Å². The summed E-state index contributed by atoms with van der Waals surface area (Å²) >= 11 is 0. The van der Waals surface area contributed by atoms with Crippen LogP contribution < -0.4 is 10.1 Å². The molecule has 9 nitrogen and oxygen atoms in total. The van der Waals surface area contributed by atoms with E-state index < -0.39 is 26.5 Å². The number of anilines is 1. The van der Waals surface area contributed by atoms with Gasteiger partial charge in [0.05, 0.1) is 17.6 Å². The number of hydrogen-bond acceptors (Lipinski definition) is 6. The summed E-state index contributed by atoms with van der Waals surface area (Å²) in [6.45, 7) is 2.13. The van der Waals surface area contributed by atoms with E-state index in [1.807, 2.05) is 54.6 Å². The van der Waals surface area contributed by atoms with Crippen LogP contribution in [-0.2, 0) is 16.4 Å². The molecular formula is C32H27FN4O5S. The van der Waals surface area contributed by atoms with Crippen LogP contribution in [0.2, 0.25) is 0 Å². The molecule has 43 heavy (non-hydrogen) atoms. The molecule has 0 atom stereocenters. The quantitative estimate of drug-likeness (QED) is 0.281. The number of aromatic nitrogens is 2. The van der Waals surface area contributed by atoms with E-state index in [2.05, 4.69) is 15.3 Å². The number of benzene rings is 4. The van der Waals surface area contributed by atoms with Gasteiger partial charge in [0.25, 0.3) is 11.8 Å². The summed E-state index contributed by atoms with van der Waals surface area (Å²) in [4.78, 5) is 34.8. The first kappa shape index (κ1) is 28.1. The lowest BCUT2D eigenvalue weighted by Gasteiger charge is -2.21. The summed E-state index contributed by atoms with van der Waals surface area (Å²) in [5, 5.41) is 2.82. The predicted octanol–water partition coefficient (Wildman–Crippen LogP) is 5.37. The average Bonchev–Trinajstić information content (AvgIpc) is 3.30. The van der Waals surface area contributed by atoms with Crippen LogP contribution in [0.3, 0.4) is 0 Å². The van der Waals surface area contributed by atoms with Crippen molar-refractivity contribution >= 4 is 38.4 Å². The van der Waals surface area contributed by atoms with Gasteiger partial charge in [-0.2, -0.15) is 0 Å². The second kappa shape index (κ2) is 11.0. The number of para-hydroxylation sites is 1. The molecule has 2 heterocycles. The highest BCUT2D eigenvalue weighted by Gasteiger charge is 2.26. The summed E-state index contributed by atoms with van der Waals surface area (Å²) < 4.78 is 44.6. The minimum atomic E-state index is -3.78. The highest BCUT2D eigenvalue weighted by molar-refractivity contribution is 7.90. The fourth-order valence-corrected chi connectivity index (χ4v) is 5.90. The molecule has 0 radical (unpaired) electrons. The first-order valence-corrected chi connectivity index (χ1v) is 15.4. The van der Waals surface area contributed by atoms with E-state index in [1.165, 1.54) is 13.0 Å². The number of aromatic amines is 1. The number of hydrogen-bond donors (Lipinski definition) is 2. The standard InChI is InChI=1S/C32H27FN4O5S/c1-19-24(10-13-28(29(19)33)43(2,40)41)32(39)37-14-15-42-27-12-9-20(16-22(27)18-37)21-8-11-25-26(17-21)36-30(35-25)31(38)34-23-6-4-3-5-7-23/h3-13,16-17H,14-15,18H2,1-2H3,(H,34,38)(H,35,36). The first-order valence-electron chi connectivity index (χ1n) is 13.5. The number of carbonyl (C=O) groups excluding carboxylic acids is 2. The van der Waals surface area contributed by atoms with Crippen molar-refractivity contribution in [3.63, 3.8) is 0 Å². The van der Waals surface area contributed by atoms with Gasteiger partial charge in [0.15, 0.2) is 15.7 Å². The predicted molar refractivity (Wildman–Crippen MR) is 160 cm³/mol. The van der Waals surface area contributed by atoms with Crippen LogP contribution >= 0.6 is 0 Å². The number of nitrogens with one attached hydrogen (secondary N) is 2. The number of H-pyrrole nitrogens is 1. The lowest BCUT2D eigenvalue weighted by Crippen LogP contribution is -2.33. The van der Waals surface area contributed by atoms with Crippen molar-refractivity contribution in [3.05, 3.63) is 107 Å². The molecule has 4 aromatic carbocycles. The van der Waals surface area contributed by atoms with Gasteiger partial charge in [-0.1, -0.05) is 30.3 Å². The fraction of sp³-hybridized carbons (Fsp3) is 0.156. The van der Waals surface area contributed by atoms with Gasteiger partial charge in [0, 0.05) is 29.6 Å². The summed E-state index contributed by atoms with van der Waals surface area (Å²) in [7, 11) is -3.78. The van der Waals surface area contributed by atoms with Crippen molar-refractivity contribution in [2.45, 2.75) is 18.4 Å². The third-order valence-electron chi connectivity index (χ3n) is 7.37. The summed E-state index contributed by atoms with van der Waals surface area (Å²) in [5.41, 5.74) is 4.57. The summed E-state index contributed by atoms with van der Waals surface area (Å²) in [6, 6.07) is 22.9. The van der Waals surface area contributed by atoms with Crippen molar-refractivity contribution in [1.29, 1.82) is 0 Å². The molecule has 2 amide bonds. The molecule has 2 N–H and O–H groups in total. The molecule has 6 rings (SSSR count). The van der Waals surface area contributed by atoms with Crippen molar-refractivity contribution in [2.75, 3.05) is 24.7 Å². The first-order chi connectivity index (χ1) is 20.6. The van der Waals surface area contributed by atoms with Crippen molar-refractivity contribution < 1.29 is 27.1 Å². The topological polar surface area (TPSA) is 121 Å². The lowest BCUT2D eigenvalue weighted by molar-refractivity contribution is 0.0731. The van der Waals surface area contributed by atoms with Gasteiger partial charge in [-0.25, -0.2) is 17.8 Å². The molecule has 0 saturated carbocycles. The van der Waals surface area contributed by atoms with Crippen molar-refractivity contribution in [3.8, 4) is 16.9 Å². The Labute approximate surface area is 247 Å². The molecule has 1 aromatic heterocycles. The maximum absolute atomic E-state index is 14.9. The Kier molecular flexibility index (Phi) is 7.18. The van der Waals surface area contributed by atoms with Gasteiger partial charge in [0.2, 0.25) is 0 Å². The van der Waals surface area contributed by atoms with Crippen LogP contribution in [0.15, 0.2) is 83.8 Å². The molecule has 218 valence electrons. The Balaban J connectivity index is 1.26. The molecule has 0 aliphatic carbocycles. The molecule has 1 aliphatic rings. The minimum Gasteiger partial charge on any atom is -0.491 e. The number of amides is 2. The highest BCUT2D eigenvalue weighted by atomic mass is 32.2. The zero-order valence-electron chi connectivity index (χ0n) is 23.3. The molecule has 0 saturated heterocycles. The van der Waals surface area contributed by atoms with Gasteiger partial charge in [-0.15, -0.1) is 0 Å². The third kappa shape index (κ3) is 5.59. The van der Waals surface area contributed by atoms with Gasteiger partial charge < -0.3 is 19.9 Å². The van der Waals surface area contributed by atoms with Gasteiger partial charge in [-0.05, 0) is 72.1 Å². The van der Waals surface area contributed by atoms with E-state index in [1.54, 1.807) is 17.0 Å². The van der Waals surface area contributed by atoms with Crippen LogP contribution in [0.25, 0.3) is 22.2 Å². The summed E-state index contributed by atoms with van der Waals surface area (Å²) in [5.74, 6) is -0.860. The molecule has 0 bridgehead atoms. The fourth-order valence-electron chi connectivity index (χ4n) is 5.10. The van der Waals surface area contributed by atoms with Crippen LogP contribution in [0, 0.1) is 12.7 Å².